The van der Waals surface area contributed by atoms with Crippen LogP contribution in [0.5, 0.6) is 11.5 Å². The van der Waals surface area contributed by atoms with E-state index >= 15 is 0 Å². The van der Waals surface area contributed by atoms with Gasteiger partial charge in [-0.1, -0.05) is 38.1 Å². The molecular weight excluding hydrogens is 328 g/mol. The summed E-state index contributed by atoms with van der Waals surface area (Å²) in [5.74, 6) is 2.22. The Morgan fingerprint density at radius 1 is 0.654 bits per heavy atom. The van der Waals surface area contributed by atoms with Gasteiger partial charge in [-0.2, -0.15) is 0 Å². The Morgan fingerprint density at radius 3 is 1.46 bits per heavy atom. The maximum absolute atomic E-state index is 5.77. The number of rotatable bonds is 11. The van der Waals surface area contributed by atoms with Crippen molar-refractivity contribution in [3.63, 3.8) is 0 Å². The van der Waals surface area contributed by atoms with Gasteiger partial charge in [0, 0.05) is 13.2 Å². The molecule has 2 aromatic carbocycles. The van der Waals surface area contributed by atoms with Crippen LogP contribution < -0.4 is 9.47 Å². The van der Waals surface area contributed by atoms with Crippen molar-refractivity contribution in [2.75, 3.05) is 26.4 Å². The molecule has 0 radical (unpaired) electrons. The highest BCUT2D eigenvalue weighted by Gasteiger charge is 2.09. The first-order valence-electron chi connectivity index (χ1n) is 9.31. The lowest BCUT2D eigenvalue weighted by molar-refractivity contribution is -0.152. The molecule has 0 aromatic heterocycles. The third-order valence-corrected chi connectivity index (χ3v) is 3.72. The van der Waals surface area contributed by atoms with Gasteiger partial charge in [-0.05, 0) is 55.2 Å². The Kier molecular flexibility index (Phi) is 8.45. The second-order valence-corrected chi connectivity index (χ2v) is 6.40. The molecule has 0 aliphatic rings. The molecule has 26 heavy (non-hydrogen) atoms. The Hall–Kier alpha value is -2.04. The lowest BCUT2D eigenvalue weighted by atomic mass is 10.1. The van der Waals surface area contributed by atoms with Crippen molar-refractivity contribution in [2.24, 2.45) is 5.92 Å². The maximum atomic E-state index is 5.77. The van der Waals surface area contributed by atoms with Crippen molar-refractivity contribution >= 4 is 0 Å². The number of hydrogen-bond donors (Lipinski definition) is 0. The van der Waals surface area contributed by atoms with Crippen molar-refractivity contribution in [1.82, 2.24) is 0 Å². The molecule has 0 spiro atoms. The lowest BCUT2D eigenvalue weighted by Gasteiger charge is -2.17. The quantitative estimate of drug-likeness (QED) is 0.520. The topological polar surface area (TPSA) is 36.9 Å². The van der Waals surface area contributed by atoms with E-state index in [9.17, 15) is 0 Å². The van der Waals surface area contributed by atoms with Gasteiger partial charge >= 0.3 is 0 Å². The molecule has 0 aliphatic heterocycles. The minimum atomic E-state index is -0.331. The van der Waals surface area contributed by atoms with E-state index in [0.717, 1.165) is 29.2 Å². The van der Waals surface area contributed by atoms with E-state index in [0.29, 0.717) is 25.7 Å². The molecule has 2 aromatic rings. The molecule has 0 N–H and O–H groups in total. The smallest absolute Gasteiger partial charge is 0.191 e. The first-order chi connectivity index (χ1) is 12.6. The monoisotopic (exact) mass is 358 g/mol. The molecule has 0 saturated carbocycles. The maximum Gasteiger partial charge on any atom is 0.191 e. The zero-order valence-electron chi connectivity index (χ0n) is 16.2. The van der Waals surface area contributed by atoms with Crippen molar-refractivity contribution in [2.45, 2.75) is 34.0 Å². The van der Waals surface area contributed by atoms with Gasteiger partial charge in [0.2, 0.25) is 0 Å². The third kappa shape index (κ3) is 6.70. The Bertz CT molecular complexity index is 614. The minimum Gasteiger partial charge on any atom is -0.493 e. The zero-order valence-corrected chi connectivity index (χ0v) is 16.2. The van der Waals surface area contributed by atoms with Gasteiger partial charge in [0.25, 0.3) is 0 Å². The van der Waals surface area contributed by atoms with Crippen LogP contribution in [0.3, 0.4) is 0 Å². The van der Waals surface area contributed by atoms with E-state index in [4.69, 9.17) is 18.9 Å². The van der Waals surface area contributed by atoms with Crippen LogP contribution in [0.4, 0.5) is 0 Å². The van der Waals surface area contributed by atoms with E-state index in [1.54, 1.807) is 0 Å². The summed E-state index contributed by atoms with van der Waals surface area (Å²) < 4.78 is 22.5. The minimum absolute atomic E-state index is 0.331. The van der Waals surface area contributed by atoms with Gasteiger partial charge in [0.15, 0.2) is 6.29 Å². The average Bonchev–Trinajstić information content (AvgIpc) is 2.66. The molecule has 0 saturated heterocycles. The first-order valence-corrected chi connectivity index (χ1v) is 9.31. The van der Waals surface area contributed by atoms with Crippen molar-refractivity contribution in [1.29, 1.82) is 0 Å². The van der Waals surface area contributed by atoms with Crippen LogP contribution in [-0.2, 0) is 9.47 Å². The van der Waals surface area contributed by atoms with Gasteiger partial charge in [-0.15, -0.1) is 0 Å². The zero-order chi connectivity index (χ0) is 18.8. The van der Waals surface area contributed by atoms with E-state index < -0.39 is 0 Å². The average molecular weight is 358 g/mol. The molecule has 2 rings (SSSR count). The summed E-state index contributed by atoms with van der Waals surface area (Å²) in [6, 6.07) is 16.2. The van der Waals surface area contributed by atoms with E-state index in [2.05, 4.69) is 38.1 Å². The highest BCUT2D eigenvalue weighted by molar-refractivity contribution is 5.64. The van der Waals surface area contributed by atoms with Crippen LogP contribution in [0.2, 0.25) is 0 Å². The molecule has 4 heteroatoms. The van der Waals surface area contributed by atoms with E-state index in [1.165, 1.54) is 0 Å². The fraction of sp³-hybridized carbons (Fsp3) is 0.455. The Balaban J connectivity index is 1.92. The van der Waals surface area contributed by atoms with Crippen LogP contribution >= 0.6 is 0 Å². The van der Waals surface area contributed by atoms with Crippen molar-refractivity contribution < 1.29 is 18.9 Å². The van der Waals surface area contributed by atoms with Crippen LogP contribution in [0.15, 0.2) is 48.5 Å². The fourth-order valence-electron chi connectivity index (χ4n) is 2.43. The SMILES string of the molecule is CCOC(COc1ccc(-c2ccc(OCC(C)C)cc2)cc1)OCC. The second-order valence-electron chi connectivity index (χ2n) is 6.40. The van der Waals surface area contributed by atoms with Gasteiger partial charge in [-0.3, -0.25) is 0 Å². The van der Waals surface area contributed by atoms with Crippen molar-refractivity contribution in [3.05, 3.63) is 48.5 Å². The normalized spacial score (nSPS) is 11.2. The largest absolute Gasteiger partial charge is 0.493 e. The number of ether oxygens (including phenoxy) is 4. The molecule has 0 atom stereocenters. The highest BCUT2D eigenvalue weighted by Crippen LogP contribution is 2.25. The summed E-state index contributed by atoms with van der Waals surface area (Å²) in [6.45, 7) is 10.5. The fourth-order valence-corrected chi connectivity index (χ4v) is 2.43. The third-order valence-electron chi connectivity index (χ3n) is 3.72. The molecule has 4 nitrogen and oxygen atoms in total. The summed E-state index contributed by atoms with van der Waals surface area (Å²) in [5, 5.41) is 0. The molecule has 0 unspecified atom stereocenters. The molecule has 0 aliphatic carbocycles. The Morgan fingerprint density at radius 2 is 1.08 bits per heavy atom. The van der Waals surface area contributed by atoms with Crippen LogP contribution in [0.25, 0.3) is 11.1 Å². The Labute approximate surface area is 157 Å². The first kappa shape index (κ1) is 20.3. The summed E-state index contributed by atoms with van der Waals surface area (Å²) in [6.07, 6.45) is -0.331. The summed E-state index contributed by atoms with van der Waals surface area (Å²) in [5.41, 5.74) is 2.29. The van der Waals surface area contributed by atoms with E-state index in [1.807, 2.05) is 38.1 Å². The number of benzene rings is 2. The number of hydrogen-bond acceptors (Lipinski definition) is 4. The van der Waals surface area contributed by atoms with Gasteiger partial charge in [0.1, 0.15) is 18.1 Å². The van der Waals surface area contributed by atoms with E-state index in [-0.39, 0.29) is 6.29 Å². The summed E-state index contributed by atoms with van der Waals surface area (Å²) in [4.78, 5) is 0. The second kappa shape index (κ2) is 10.8. The molecule has 0 fully saturated rings. The molecule has 0 bridgehead atoms. The predicted octanol–water partition coefficient (Wildman–Crippen LogP) is 5.17. The van der Waals surface area contributed by atoms with Crippen molar-refractivity contribution in [3.8, 4) is 22.6 Å². The molecule has 142 valence electrons. The van der Waals surface area contributed by atoms with Crippen LogP contribution in [0, 0.1) is 5.92 Å². The van der Waals surface area contributed by atoms with Crippen LogP contribution in [-0.4, -0.2) is 32.7 Å². The lowest BCUT2D eigenvalue weighted by Crippen LogP contribution is -2.25. The summed E-state index contributed by atoms with van der Waals surface area (Å²) in [7, 11) is 0. The predicted molar refractivity (Wildman–Crippen MR) is 105 cm³/mol. The highest BCUT2D eigenvalue weighted by atomic mass is 16.7. The molecular formula is C22H30O4. The van der Waals surface area contributed by atoms with Crippen LogP contribution in [0.1, 0.15) is 27.7 Å². The summed E-state index contributed by atoms with van der Waals surface area (Å²) >= 11 is 0. The van der Waals surface area contributed by atoms with Gasteiger partial charge in [-0.25, -0.2) is 0 Å². The van der Waals surface area contributed by atoms with Gasteiger partial charge in [0.05, 0.1) is 6.61 Å². The standard InChI is InChI=1S/C22H30O4/c1-5-23-22(24-6-2)16-26-21-13-9-19(10-14-21)18-7-11-20(12-8-18)25-15-17(3)4/h7-14,17,22H,5-6,15-16H2,1-4H3. The molecule has 0 heterocycles. The van der Waals surface area contributed by atoms with Gasteiger partial charge < -0.3 is 18.9 Å². The molecule has 0 amide bonds.